The summed E-state index contributed by atoms with van der Waals surface area (Å²) in [5.74, 6) is 0. The maximum atomic E-state index is 12.0. The molecule has 5 heteroatoms. The summed E-state index contributed by atoms with van der Waals surface area (Å²) >= 11 is 3.48. The summed E-state index contributed by atoms with van der Waals surface area (Å²) in [6.07, 6.45) is 0.691. The molecule has 2 aliphatic heterocycles. The van der Waals surface area contributed by atoms with E-state index in [1.807, 2.05) is 25.1 Å². The number of nitrogens with one attached hydrogen (secondary N) is 1. The fraction of sp³-hybridized carbons (Fsp3) is 0.462. The van der Waals surface area contributed by atoms with Crippen molar-refractivity contribution in [1.82, 2.24) is 5.32 Å². The molecular formula is C13H15BrN2O2. The number of anilines is 1. The lowest BCUT2D eigenvalue weighted by atomic mass is 10.0. The van der Waals surface area contributed by atoms with Crippen LogP contribution in [0.3, 0.4) is 0 Å². The van der Waals surface area contributed by atoms with Gasteiger partial charge in [0.15, 0.2) is 0 Å². The summed E-state index contributed by atoms with van der Waals surface area (Å²) in [6, 6.07) is 6.13. The zero-order valence-corrected chi connectivity index (χ0v) is 11.7. The Labute approximate surface area is 114 Å². The van der Waals surface area contributed by atoms with Crippen molar-refractivity contribution in [3.8, 4) is 0 Å². The van der Waals surface area contributed by atoms with Crippen LogP contribution in [-0.2, 0) is 4.74 Å². The van der Waals surface area contributed by atoms with Gasteiger partial charge in [0.2, 0.25) is 0 Å². The largest absolute Gasteiger partial charge is 0.442 e. The van der Waals surface area contributed by atoms with Gasteiger partial charge in [0.1, 0.15) is 6.10 Å². The molecule has 18 heavy (non-hydrogen) atoms. The highest BCUT2D eigenvalue weighted by atomic mass is 79.9. The molecule has 0 aromatic heterocycles. The van der Waals surface area contributed by atoms with E-state index in [1.54, 1.807) is 4.90 Å². The number of piperidine rings is 1. The van der Waals surface area contributed by atoms with E-state index in [2.05, 4.69) is 21.2 Å². The molecule has 2 saturated heterocycles. The van der Waals surface area contributed by atoms with Crippen molar-refractivity contribution in [2.75, 3.05) is 18.0 Å². The number of rotatable bonds is 1. The molecule has 1 amide bonds. The first-order chi connectivity index (χ1) is 8.66. The van der Waals surface area contributed by atoms with Gasteiger partial charge in [-0.05, 0) is 43.7 Å². The topological polar surface area (TPSA) is 41.6 Å². The number of fused-ring (bicyclic) bond motifs is 1. The van der Waals surface area contributed by atoms with E-state index in [4.69, 9.17) is 4.74 Å². The Balaban J connectivity index is 1.94. The Morgan fingerprint density at radius 2 is 2.33 bits per heavy atom. The van der Waals surface area contributed by atoms with E-state index >= 15 is 0 Å². The third kappa shape index (κ3) is 1.91. The van der Waals surface area contributed by atoms with E-state index in [-0.39, 0.29) is 18.2 Å². The van der Waals surface area contributed by atoms with E-state index in [1.165, 1.54) is 0 Å². The van der Waals surface area contributed by atoms with Crippen LogP contribution in [0.1, 0.15) is 12.0 Å². The molecule has 4 nitrogen and oxygen atoms in total. The highest BCUT2D eigenvalue weighted by Gasteiger charge is 2.43. The van der Waals surface area contributed by atoms with Crippen molar-refractivity contribution in [2.24, 2.45) is 0 Å². The third-order valence-corrected chi connectivity index (χ3v) is 4.48. The minimum Gasteiger partial charge on any atom is -0.442 e. The van der Waals surface area contributed by atoms with Crippen molar-refractivity contribution in [3.05, 3.63) is 28.2 Å². The molecular weight excluding hydrogens is 296 g/mol. The normalized spacial score (nSPS) is 27.0. The molecule has 2 heterocycles. The van der Waals surface area contributed by atoms with Crippen LogP contribution < -0.4 is 10.2 Å². The summed E-state index contributed by atoms with van der Waals surface area (Å²) < 4.78 is 6.47. The Kier molecular flexibility index (Phi) is 3.03. The molecule has 1 N–H and O–H groups in total. The predicted molar refractivity (Wildman–Crippen MR) is 72.9 cm³/mol. The van der Waals surface area contributed by atoms with Gasteiger partial charge in [-0.2, -0.15) is 0 Å². The van der Waals surface area contributed by atoms with Gasteiger partial charge in [-0.15, -0.1) is 0 Å². The summed E-state index contributed by atoms with van der Waals surface area (Å²) in [5.41, 5.74) is 2.05. The molecule has 2 atom stereocenters. The predicted octanol–water partition coefficient (Wildman–Crippen LogP) is 2.44. The van der Waals surface area contributed by atoms with Gasteiger partial charge in [0, 0.05) is 16.7 Å². The number of hydrogen-bond acceptors (Lipinski definition) is 3. The lowest BCUT2D eigenvalue weighted by Crippen LogP contribution is -2.47. The first-order valence-electron chi connectivity index (χ1n) is 6.13. The lowest BCUT2D eigenvalue weighted by Gasteiger charge is -2.28. The zero-order valence-electron chi connectivity index (χ0n) is 10.1. The van der Waals surface area contributed by atoms with Crippen molar-refractivity contribution in [1.29, 1.82) is 0 Å². The monoisotopic (exact) mass is 310 g/mol. The van der Waals surface area contributed by atoms with Gasteiger partial charge in [-0.1, -0.05) is 15.9 Å². The second-order valence-corrected chi connectivity index (χ2v) is 5.64. The van der Waals surface area contributed by atoms with Crippen molar-refractivity contribution in [3.63, 3.8) is 0 Å². The Morgan fingerprint density at radius 1 is 1.50 bits per heavy atom. The molecule has 0 radical (unpaired) electrons. The van der Waals surface area contributed by atoms with Gasteiger partial charge in [-0.25, -0.2) is 4.79 Å². The fourth-order valence-electron chi connectivity index (χ4n) is 2.63. The number of halogens is 1. The minimum atomic E-state index is -0.226. The fourth-order valence-corrected chi connectivity index (χ4v) is 2.88. The number of benzene rings is 1. The van der Waals surface area contributed by atoms with Crippen LogP contribution >= 0.6 is 15.9 Å². The highest BCUT2D eigenvalue weighted by molar-refractivity contribution is 9.10. The average molecular weight is 311 g/mol. The van der Waals surface area contributed by atoms with Gasteiger partial charge >= 0.3 is 6.09 Å². The van der Waals surface area contributed by atoms with E-state index in [9.17, 15) is 4.79 Å². The maximum absolute atomic E-state index is 12.0. The number of ether oxygens (including phenoxy) is 1. The Morgan fingerprint density at radius 3 is 3.11 bits per heavy atom. The molecule has 3 rings (SSSR count). The van der Waals surface area contributed by atoms with Gasteiger partial charge in [0.05, 0.1) is 6.04 Å². The molecule has 2 aliphatic rings. The third-order valence-electron chi connectivity index (χ3n) is 3.59. The maximum Gasteiger partial charge on any atom is 0.415 e. The molecule has 2 unspecified atom stereocenters. The van der Waals surface area contributed by atoms with Crippen molar-refractivity contribution >= 4 is 27.7 Å². The van der Waals surface area contributed by atoms with Gasteiger partial charge in [0.25, 0.3) is 0 Å². The van der Waals surface area contributed by atoms with Crippen LogP contribution in [0.5, 0.6) is 0 Å². The quantitative estimate of drug-likeness (QED) is 0.866. The number of carbonyl (C=O) groups excluding carboxylic acids is 1. The summed E-state index contributed by atoms with van der Waals surface area (Å²) in [7, 11) is 0. The van der Waals surface area contributed by atoms with E-state index in [0.717, 1.165) is 35.2 Å². The summed E-state index contributed by atoms with van der Waals surface area (Å²) in [4.78, 5) is 13.8. The second-order valence-electron chi connectivity index (χ2n) is 4.79. The molecule has 0 saturated carbocycles. The first-order valence-corrected chi connectivity index (χ1v) is 6.93. The number of nitrogens with zero attached hydrogens (tertiary/aromatic N) is 1. The standard InChI is InChI=1S/C13H15BrN2O2/c1-8-6-9(2-3-10(8)14)16-11-4-5-15-7-12(11)18-13(16)17/h2-3,6,11-12,15H,4-5,7H2,1H3. The van der Waals surface area contributed by atoms with Crippen molar-refractivity contribution in [2.45, 2.75) is 25.5 Å². The molecule has 2 fully saturated rings. The van der Waals surface area contributed by atoms with E-state index < -0.39 is 0 Å². The highest BCUT2D eigenvalue weighted by Crippen LogP contribution is 2.32. The molecule has 96 valence electrons. The van der Waals surface area contributed by atoms with Crippen LogP contribution in [0.2, 0.25) is 0 Å². The molecule has 1 aromatic rings. The van der Waals surface area contributed by atoms with Crippen LogP contribution in [0.25, 0.3) is 0 Å². The Bertz CT molecular complexity index is 492. The first kappa shape index (κ1) is 12.0. The SMILES string of the molecule is Cc1cc(N2C(=O)OC3CNCCC32)ccc1Br. The molecule has 1 aromatic carbocycles. The number of amides is 1. The van der Waals surface area contributed by atoms with E-state index in [0.29, 0.717) is 0 Å². The van der Waals surface area contributed by atoms with Crippen LogP contribution in [-0.4, -0.2) is 31.3 Å². The van der Waals surface area contributed by atoms with Crippen LogP contribution in [0, 0.1) is 6.92 Å². The van der Waals surface area contributed by atoms with Crippen LogP contribution in [0.15, 0.2) is 22.7 Å². The molecule has 0 spiro atoms. The van der Waals surface area contributed by atoms with Gasteiger partial charge < -0.3 is 10.1 Å². The smallest absolute Gasteiger partial charge is 0.415 e. The second kappa shape index (κ2) is 4.55. The number of carbonyl (C=O) groups is 1. The lowest BCUT2D eigenvalue weighted by molar-refractivity contribution is 0.121. The Hall–Kier alpha value is -1.07. The number of hydrogen-bond donors (Lipinski definition) is 1. The zero-order chi connectivity index (χ0) is 12.7. The molecule has 0 bridgehead atoms. The molecule has 0 aliphatic carbocycles. The number of aryl methyl sites for hydroxylation is 1. The summed E-state index contributed by atoms with van der Waals surface area (Å²) in [6.45, 7) is 3.71. The average Bonchev–Trinajstić information content (AvgIpc) is 2.69. The van der Waals surface area contributed by atoms with Crippen LogP contribution in [0.4, 0.5) is 10.5 Å². The van der Waals surface area contributed by atoms with Crippen molar-refractivity contribution < 1.29 is 9.53 Å². The van der Waals surface area contributed by atoms with Gasteiger partial charge in [-0.3, -0.25) is 4.90 Å². The minimum absolute atomic E-state index is 0.0183. The summed E-state index contributed by atoms with van der Waals surface area (Å²) in [5, 5.41) is 3.26.